The van der Waals surface area contributed by atoms with Crippen molar-refractivity contribution in [1.29, 1.82) is 0 Å². The third kappa shape index (κ3) is 4.71. The standard InChI is InChI=1S/C20H26N2O3S/c1-5-19(18-9-7-6-8-16(18)3)21-20(23)14-22(4)26(24,25)17-12-10-15(2)11-13-17/h6-13,19H,5,14H2,1-4H3,(H,21,23). The van der Waals surface area contributed by atoms with Crippen molar-refractivity contribution in [3.05, 3.63) is 65.2 Å². The Bertz CT molecular complexity index is 861. The Morgan fingerprint density at radius 1 is 1.08 bits per heavy atom. The second kappa shape index (κ2) is 8.47. The SMILES string of the molecule is CCC(NC(=O)CN(C)S(=O)(=O)c1ccc(C)cc1)c1ccccc1C. The number of likely N-dealkylation sites (N-methyl/N-ethyl adjacent to an activating group) is 1. The normalized spacial score (nSPS) is 12.8. The van der Waals surface area contributed by atoms with Gasteiger partial charge in [0.15, 0.2) is 0 Å². The van der Waals surface area contributed by atoms with Gasteiger partial charge in [-0.1, -0.05) is 48.9 Å². The number of hydrogen-bond acceptors (Lipinski definition) is 3. The predicted octanol–water partition coefficient (Wildman–Crippen LogP) is 3.19. The minimum atomic E-state index is -3.69. The third-order valence-corrected chi connectivity index (χ3v) is 6.22. The van der Waals surface area contributed by atoms with Crippen LogP contribution in [0.3, 0.4) is 0 Å². The average molecular weight is 375 g/mol. The van der Waals surface area contributed by atoms with Gasteiger partial charge < -0.3 is 5.32 Å². The first-order valence-corrected chi connectivity index (χ1v) is 10.1. The number of aryl methyl sites for hydroxylation is 2. The van der Waals surface area contributed by atoms with Crippen molar-refractivity contribution in [3.8, 4) is 0 Å². The van der Waals surface area contributed by atoms with Gasteiger partial charge in [-0.15, -0.1) is 0 Å². The number of benzene rings is 2. The molecule has 0 aliphatic rings. The summed E-state index contributed by atoms with van der Waals surface area (Å²) in [5.74, 6) is -0.321. The summed E-state index contributed by atoms with van der Waals surface area (Å²) in [4.78, 5) is 12.6. The molecule has 0 fully saturated rings. The van der Waals surface area contributed by atoms with Gasteiger partial charge >= 0.3 is 0 Å². The zero-order chi connectivity index (χ0) is 19.3. The molecule has 0 bridgehead atoms. The van der Waals surface area contributed by atoms with Crippen LogP contribution in [0.4, 0.5) is 0 Å². The minimum Gasteiger partial charge on any atom is -0.348 e. The lowest BCUT2D eigenvalue weighted by Gasteiger charge is -2.22. The molecular formula is C20H26N2O3S. The van der Waals surface area contributed by atoms with E-state index in [0.717, 1.165) is 27.4 Å². The van der Waals surface area contributed by atoms with E-state index in [1.807, 2.05) is 45.0 Å². The van der Waals surface area contributed by atoms with E-state index in [0.29, 0.717) is 0 Å². The van der Waals surface area contributed by atoms with E-state index < -0.39 is 10.0 Å². The topological polar surface area (TPSA) is 66.5 Å². The van der Waals surface area contributed by atoms with Crippen molar-refractivity contribution in [2.24, 2.45) is 0 Å². The van der Waals surface area contributed by atoms with Gasteiger partial charge in [-0.05, 0) is 43.5 Å². The van der Waals surface area contributed by atoms with Crippen molar-refractivity contribution in [2.75, 3.05) is 13.6 Å². The predicted molar refractivity (Wildman–Crippen MR) is 103 cm³/mol. The van der Waals surface area contributed by atoms with Crippen molar-refractivity contribution >= 4 is 15.9 Å². The van der Waals surface area contributed by atoms with Crippen LogP contribution in [-0.2, 0) is 14.8 Å². The van der Waals surface area contributed by atoms with Crippen LogP contribution in [0.5, 0.6) is 0 Å². The number of hydrogen-bond donors (Lipinski definition) is 1. The van der Waals surface area contributed by atoms with E-state index in [1.54, 1.807) is 24.3 Å². The zero-order valence-corrected chi connectivity index (χ0v) is 16.5. The first kappa shape index (κ1) is 20.1. The van der Waals surface area contributed by atoms with E-state index >= 15 is 0 Å². The van der Waals surface area contributed by atoms with E-state index in [2.05, 4.69) is 5.32 Å². The van der Waals surface area contributed by atoms with Gasteiger partial charge in [-0.25, -0.2) is 8.42 Å². The minimum absolute atomic E-state index is 0.140. The summed E-state index contributed by atoms with van der Waals surface area (Å²) in [5, 5.41) is 2.94. The van der Waals surface area contributed by atoms with Crippen LogP contribution in [0.2, 0.25) is 0 Å². The Morgan fingerprint density at radius 2 is 1.69 bits per heavy atom. The van der Waals surface area contributed by atoms with Gasteiger partial charge in [0.25, 0.3) is 0 Å². The number of nitrogens with one attached hydrogen (secondary N) is 1. The van der Waals surface area contributed by atoms with Crippen LogP contribution in [0.15, 0.2) is 53.4 Å². The maximum absolute atomic E-state index is 12.6. The fraction of sp³-hybridized carbons (Fsp3) is 0.350. The summed E-state index contributed by atoms with van der Waals surface area (Å²) in [6, 6.07) is 14.3. The molecule has 0 saturated heterocycles. The summed E-state index contributed by atoms with van der Waals surface area (Å²) in [6.45, 7) is 5.66. The van der Waals surface area contributed by atoms with Crippen LogP contribution in [0.1, 0.15) is 36.1 Å². The maximum Gasteiger partial charge on any atom is 0.243 e. The van der Waals surface area contributed by atoms with Crippen molar-refractivity contribution in [2.45, 2.75) is 38.1 Å². The molecular weight excluding hydrogens is 348 g/mol. The second-order valence-electron chi connectivity index (χ2n) is 6.46. The maximum atomic E-state index is 12.6. The van der Waals surface area contributed by atoms with Gasteiger partial charge in [0.1, 0.15) is 0 Å². The monoisotopic (exact) mass is 374 g/mol. The molecule has 140 valence electrons. The summed E-state index contributed by atoms with van der Waals surface area (Å²) in [7, 11) is -2.27. The quantitative estimate of drug-likeness (QED) is 0.809. The largest absolute Gasteiger partial charge is 0.348 e. The van der Waals surface area contributed by atoms with Crippen LogP contribution < -0.4 is 5.32 Å². The lowest BCUT2D eigenvalue weighted by Crippen LogP contribution is -2.39. The zero-order valence-electron chi connectivity index (χ0n) is 15.7. The number of sulfonamides is 1. The van der Waals surface area contributed by atoms with Gasteiger partial charge in [0.05, 0.1) is 17.5 Å². The van der Waals surface area contributed by atoms with Crippen LogP contribution >= 0.6 is 0 Å². The smallest absolute Gasteiger partial charge is 0.243 e. The molecule has 1 unspecified atom stereocenters. The Kier molecular flexibility index (Phi) is 6.56. The molecule has 1 amide bonds. The van der Waals surface area contributed by atoms with Crippen LogP contribution in [0.25, 0.3) is 0 Å². The van der Waals surface area contributed by atoms with Gasteiger partial charge in [-0.2, -0.15) is 4.31 Å². The number of amides is 1. The molecule has 0 aromatic heterocycles. The van der Waals surface area contributed by atoms with Crippen molar-refractivity contribution in [1.82, 2.24) is 9.62 Å². The van der Waals surface area contributed by atoms with Crippen molar-refractivity contribution in [3.63, 3.8) is 0 Å². The summed E-state index contributed by atoms with van der Waals surface area (Å²) >= 11 is 0. The van der Waals surface area contributed by atoms with Crippen LogP contribution in [0, 0.1) is 13.8 Å². The lowest BCUT2D eigenvalue weighted by molar-refractivity contribution is -0.121. The molecule has 0 radical (unpaired) electrons. The van der Waals surface area contributed by atoms with Gasteiger partial charge in [0, 0.05) is 7.05 Å². The highest BCUT2D eigenvalue weighted by Gasteiger charge is 2.24. The molecule has 0 aliphatic heterocycles. The highest BCUT2D eigenvalue weighted by Crippen LogP contribution is 2.20. The molecule has 0 saturated carbocycles. The molecule has 0 spiro atoms. The Balaban J connectivity index is 2.08. The Labute approximate surface area is 156 Å². The third-order valence-electron chi connectivity index (χ3n) is 4.40. The first-order chi connectivity index (χ1) is 12.3. The molecule has 1 atom stereocenters. The summed E-state index contributed by atoms with van der Waals surface area (Å²) in [6.07, 6.45) is 0.727. The van der Waals surface area contributed by atoms with Gasteiger partial charge in [-0.3, -0.25) is 4.79 Å². The number of nitrogens with zero attached hydrogens (tertiary/aromatic N) is 1. The molecule has 5 nitrogen and oxygen atoms in total. The Morgan fingerprint density at radius 3 is 2.27 bits per heavy atom. The average Bonchev–Trinajstić information content (AvgIpc) is 2.60. The first-order valence-electron chi connectivity index (χ1n) is 8.63. The lowest BCUT2D eigenvalue weighted by atomic mass is 9.99. The number of carbonyl (C=O) groups is 1. The highest BCUT2D eigenvalue weighted by atomic mass is 32.2. The molecule has 1 N–H and O–H groups in total. The summed E-state index contributed by atoms with van der Waals surface area (Å²) < 4.78 is 26.3. The van der Waals surface area contributed by atoms with E-state index in [9.17, 15) is 13.2 Å². The molecule has 6 heteroatoms. The molecule has 2 aromatic carbocycles. The van der Waals surface area contributed by atoms with E-state index in [4.69, 9.17) is 0 Å². The fourth-order valence-corrected chi connectivity index (χ4v) is 3.92. The summed E-state index contributed by atoms with van der Waals surface area (Å²) in [5.41, 5.74) is 3.13. The Hall–Kier alpha value is -2.18. The highest BCUT2D eigenvalue weighted by molar-refractivity contribution is 7.89. The van der Waals surface area contributed by atoms with E-state index in [1.165, 1.54) is 7.05 Å². The molecule has 0 heterocycles. The number of carbonyl (C=O) groups excluding carboxylic acids is 1. The van der Waals surface area contributed by atoms with Gasteiger partial charge in [0.2, 0.25) is 15.9 Å². The second-order valence-corrected chi connectivity index (χ2v) is 8.50. The van der Waals surface area contributed by atoms with Crippen molar-refractivity contribution < 1.29 is 13.2 Å². The molecule has 26 heavy (non-hydrogen) atoms. The van der Waals surface area contributed by atoms with Crippen LogP contribution in [-0.4, -0.2) is 32.2 Å². The van der Waals surface area contributed by atoms with E-state index in [-0.39, 0.29) is 23.4 Å². The fourth-order valence-electron chi connectivity index (χ4n) is 2.79. The molecule has 2 rings (SSSR count). The molecule has 0 aliphatic carbocycles. The number of rotatable bonds is 7. The molecule has 2 aromatic rings.